The molecule has 0 saturated heterocycles. The van der Waals surface area contributed by atoms with E-state index in [4.69, 9.17) is 10.5 Å². The second kappa shape index (κ2) is 6.24. The summed E-state index contributed by atoms with van der Waals surface area (Å²) in [5, 5.41) is 0.538. The molecule has 3 N–H and O–H groups in total. The van der Waals surface area contributed by atoms with Crippen molar-refractivity contribution in [3.8, 4) is 5.75 Å². The standard InChI is InChI=1S/C13H20N2O3S2/c1-18-12-7-9(14)3-6-13(12)20(16,17)15-10-4-5-11(8-10)19-2/h3,6-7,10-11,15H,4-5,8,14H2,1-2H3. The summed E-state index contributed by atoms with van der Waals surface area (Å²) in [6, 6.07) is 4.57. The molecular formula is C13H20N2O3S2. The minimum Gasteiger partial charge on any atom is -0.495 e. The van der Waals surface area contributed by atoms with Crippen LogP contribution in [0.2, 0.25) is 0 Å². The lowest BCUT2D eigenvalue weighted by Gasteiger charge is -2.15. The number of sulfonamides is 1. The van der Waals surface area contributed by atoms with Gasteiger partial charge in [0, 0.05) is 23.0 Å². The van der Waals surface area contributed by atoms with Crippen LogP contribution in [0.3, 0.4) is 0 Å². The van der Waals surface area contributed by atoms with Crippen LogP contribution in [0.15, 0.2) is 23.1 Å². The maximum absolute atomic E-state index is 12.4. The number of hydrogen-bond acceptors (Lipinski definition) is 5. The first-order valence-electron chi connectivity index (χ1n) is 6.45. The van der Waals surface area contributed by atoms with Gasteiger partial charge in [0.05, 0.1) is 7.11 Å². The molecule has 112 valence electrons. The van der Waals surface area contributed by atoms with Crippen molar-refractivity contribution in [2.75, 3.05) is 19.1 Å². The first kappa shape index (κ1) is 15.5. The molecule has 7 heteroatoms. The number of anilines is 1. The highest BCUT2D eigenvalue weighted by Crippen LogP contribution is 2.31. The lowest BCUT2D eigenvalue weighted by Crippen LogP contribution is -2.33. The van der Waals surface area contributed by atoms with Crippen molar-refractivity contribution >= 4 is 27.5 Å². The van der Waals surface area contributed by atoms with Crippen molar-refractivity contribution in [2.24, 2.45) is 0 Å². The minimum absolute atomic E-state index is 0.000269. The van der Waals surface area contributed by atoms with Gasteiger partial charge in [-0.25, -0.2) is 13.1 Å². The zero-order valence-electron chi connectivity index (χ0n) is 11.6. The van der Waals surface area contributed by atoms with Gasteiger partial charge in [0.25, 0.3) is 0 Å². The summed E-state index contributed by atoms with van der Waals surface area (Å²) in [5.41, 5.74) is 6.12. The number of hydrogen-bond donors (Lipinski definition) is 2. The normalized spacial score (nSPS) is 22.9. The molecule has 20 heavy (non-hydrogen) atoms. The van der Waals surface area contributed by atoms with Gasteiger partial charge >= 0.3 is 0 Å². The summed E-state index contributed by atoms with van der Waals surface area (Å²) < 4.78 is 32.8. The van der Waals surface area contributed by atoms with Gasteiger partial charge in [-0.2, -0.15) is 11.8 Å². The molecule has 0 spiro atoms. The molecule has 0 aliphatic heterocycles. The van der Waals surface area contributed by atoms with Gasteiger partial charge in [0.2, 0.25) is 10.0 Å². The highest BCUT2D eigenvalue weighted by molar-refractivity contribution is 7.99. The minimum atomic E-state index is -3.57. The fourth-order valence-corrected chi connectivity index (χ4v) is 4.68. The molecule has 0 heterocycles. The lowest BCUT2D eigenvalue weighted by molar-refractivity contribution is 0.402. The summed E-state index contributed by atoms with van der Waals surface area (Å²) in [4.78, 5) is 0.141. The molecule has 1 saturated carbocycles. The zero-order valence-corrected chi connectivity index (χ0v) is 13.3. The molecule has 1 aliphatic carbocycles. The third-order valence-corrected chi connectivity index (χ3v) is 6.17. The average Bonchev–Trinajstić information content (AvgIpc) is 2.85. The van der Waals surface area contributed by atoms with Gasteiger partial charge in [-0.3, -0.25) is 0 Å². The third-order valence-electron chi connectivity index (χ3n) is 3.52. The van der Waals surface area contributed by atoms with Gasteiger partial charge in [-0.05, 0) is 37.7 Å². The summed E-state index contributed by atoms with van der Waals surface area (Å²) in [5.74, 6) is 0.275. The van der Waals surface area contributed by atoms with Crippen molar-refractivity contribution in [3.63, 3.8) is 0 Å². The topological polar surface area (TPSA) is 81.4 Å². The van der Waals surface area contributed by atoms with Crippen LogP contribution in [-0.2, 0) is 10.0 Å². The van der Waals surface area contributed by atoms with Gasteiger partial charge < -0.3 is 10.5 Å². The van der Waals surface area contributed by atoms with Crippen molar-refractivity contribution in [2.45, 2.75) is 35.4 Å². The fraction of sp³-hybridized carbons (Fsp3) is 0.538. The van der Waals surface area contributed by atoms with Crippen molar-refractivity contribution < 1.29 is 13.2 Å². The monoisotopic (exact) mass is 316 g/mol. The second-order valence-corrected chi connectivity index (χ2v) is 7.72. The number of nitrogens with two attached hydrogens (primary N) is 1. The summed E-state index contributed by atoms with van der Waals surface area (Å²) in [7, 11) is -2.14. The first-order chi connectivity index (χ1) is 9.46. The summed E-state index contributed by atoms with van der Waals surface area (Å²) >= 11 is 1.79. The molecule has 2 rings (SSSR count). The molecule has 2 atom stereocenters. The Kier molecular flexibility index (Phi) is 4.82. The Morgan fingerprint density at radius 2 is 2.15 bits per heavy atom. The molecule has 1 aromatic rings. The third kappa shape index (κ3) is 3.39. The maximum atomic E-state index is 12.4. The number of nitrogens with one attached hydrogen (secondary N) is 1. The predicted molar refractivity (Wildman–Crippen MR) is 82.7 cm³/mol. The van der Waals surface area contributed by atoms with Gasteiger partial charge in [-0.15, -0.1) is 0 Å². The van der Waals surface area contributed by atoms with Crippen LogP contribution in [0.1, 0.15) is 19.3 Å². The van der Waals surface area contributed by atoms with E-state index >= 15 is 0 Å². The fourth-order valence-electron chi connectivity index (χ4n) is 2.45. The number of rotatable bonds is 5. The SMILES string of the molecule is COc1cc(N)ccc1S(=O)(=O)NC1CCC(SC)C1. The number of methoxy groups -OCH3 is 1. The van der Waals surface area contributed by atoms with Crippen LogP contribution >= 0.6 is 11.8 Å². The first-order valence-corrected chi connectivity index (χ1v) is 9.22. The van der Waals surface area contributed by atoms with Crippen LogP contribution in [0.5, 0.6) is 5.75 Å². The average molecular weight is 316 g/mol. The summed E-state index contributed by atoms with van der Waals surface area (Å²) in [6.07, 6.45) is 4.86. The Morgan fingerprint density at radius 3 is 2.75 bits per heavy atom. The number of benzene rings is 1. The van der Waals surface area contributed by atoms with Gasteiger partial charge in [0.1, 0.15) is 10.6 Å². The Balaban J connectivity index is 2.19. The second-order valence-electron chi connectivity index (χ2n) is 4.90. The number of ether oxygens (including phenoxy) is 1. The maximum Gasteiger partial charge on any atom is 0.244 e. The molecule has 1 aliphatic rings. The van der Waals surface area contributed by atoms with Gasteiger partial charge in [-0.1, -0.05) is 0 Å². The lowest BCUT2D eigenvalue weighted by atomic mass is 10.3. The van der Waals surface area contributed by atoms with Crippen LogP contribution in [0.4, 0.5) is 5.69 Å². The van der Waals surface area contributed by atoms with E-state index in [2.05, 4.69) is 11.0 Å². The molecule has 1 fully saturated rings. The van der Waals surface area contributed by atoms with Crippen molar-refractivity contribution in [1.29, 1.82) is 0 Å². The van der Waals surface area contributed by atoms with Crippen LogP contribution in [-0.4, -0.2) is 33.1 Å². The number of thioether (sulfide) groups is 1. The van der Waals surface area contributed by atoms with Gasteiger partial charge in [0.15, 0.2) is 0 Å². The summed E-state index contributed by atoms with van der Waals surface area (Å²) in [6.45, 7) is 0. The van der Waals surface area contributed by atoms with E-state index in [1.54, 1.807) is 17.8 Å². The Bertz CT molecular complexity index is 575. The highest BCUT2D eigenvalue weighted by Gasteiger charge is 2.29. The van der Waals surface area contributed by atoms with Crippen LogP contribution < -0.4 is 15.2 Å². The van der Waals surface area contributed by atoms with E-state index in [1.807, 2.05) is 0 Å². The smallest absolute Gasteiger partial charge is 0.244 e. The molecule has 0 bridgehead atoms. The zero-order chi connectivity index (χ0) is 14.8. The number of nitrogen functional groups attached to an aromatic ring is 1. The largest absolute Gasteiger partial charge is 0.495 e. The predicted octanol–water partition coefficient (Wildman–Crippen LogP) is 1.84. The van der Waals surface area contributed by atoms with Crippen molar-refractivity contribution in [1.82, 2.24) is 4.72 Å². The molecule has 0 amide bonds. The van der Waals surface area contributed by atoms with Crippen LogP contribution in [0, 0.1) is 0 Å². The van der Waals surface area contributed by atoms with Crippen molar-refractivity contribution in [3.05, 3.63) is 18.2 Å². The van der Waals surface area contributed by atoms with Crippen LogP contribution in [0.25, 0.3) is 0 Å². The van der Waals surface area contributed by atoms with E-state index in [1.165, 1.54) is 19.2 Å². The highest BCUT2D eigenvalue weighted by atomic mass is 32.2. The van der Waals surface area contributed by atoms with E-state index in [-0.39, 0.29) is 16.7 Å². The molecule has 1 aromatic carbocycles. The van der Waals surface area contributed by atoms with E-state index in [0.717, 1.165) is 19.3 Å². The molecular weight excluding hydrogens is 296 g/mol. The van der Waals surface area contributed by atoms with E-state index in [0.29, 0.717) is 10.9 Å². The van der Waals surface area contributed by atoms with E-state index < -0.39 is 10.0 Å². The Labute approximate surface area is 124 Å². The molecule has 0 radical (unpaired) electrons. The quantitative estimate of drug-likeness (QED) is 0.810. The molecule has 0 aromatic heterocycles. The molecule has 5 nitrogen and oxygen atoms in total. The Hall–Kier alpha value is -0.920. The molecule has 2 unspecified atom stereocenters. The van der Waals surface area contributed by atoms with E-state index in [9.17, 15) is 8.42 Å². The Morgan fingerprint density at radius 1 is 1.40 bits per heavy atom.